The molecule has 12 heteroatoms. The van der Waals surface area contributed by atoms with Crippen molar-refractivity contribution >= 4 is 56.4 Å². The van der Waals surface area contributed by atoms with Crippen molar-refractivity contribution in [3.05, 3.63) is 88.4 Å². The molecule has 0 spiro atoms. The van der Waals surface area contributed by atoms with Gasteiger partial charge >= 0.3 is 6.36 Å². The Balaban J connectivity index is 1.77. The molecule has 3 aromatic carbocycles. The molecule has 3 rings (SSSR count). The first-order chi connectivity index (χ1) is 19.0. The predicted octanol–water partition coefficient (Wildman–Crippen LogP) is 7.07. The summed E-state index contributed by atoms with van der Waals surface area (Å²) in [6, 6.07) is 18.8. The molecular formula is C28H29BrF3N5O2S. The number of anilines is 2. The number of benzene rings is 3. The molecule has 4 N–H and O–H groups in total. The van der Waals surface area contributed by atoms with E-state index < -0.39 is 24.1 Å². The zero-order valence-corrected chi connectivity index (χ0v) is 24.2. The van der Waals surface area contributed by atoms with Gasteiger partial charge in [0.05, 0.1) is 5.69 Å². The monoisotopic (exact) mass is 635 g/mol. The number of nitrogens with one attached hydrogen (secondary N) is 4. The Morgan fingerprint density at radius 2 is 1.73 bits per heavy atom. The van der Waals surface area contributed by atoms with E-state index in [1.807, 2.05) is 11.8 Å². The molecule has 0 heterocycles. The summed E-state index contributed by atoms with van der Waals surface area (Å²) in [5.74, 6) is -0.524. The lowest BCUT2D eigenvalue weighted by Crippen LogP contribution is -2.39. The largest absolute Gasteiger partial charge is 0.573 e. The number of carbonyl (C=O) groups is 1. The Kier molecular flexibility index (Phi) is 10.9. The summed E-state index contributed by atoms with van der Waals surface area (Å²) in [6.45, 7) is 5.54. The number of hydrogen-bond donors (Lipinski definition) is 4. The van der Waals surface area contributed by atoms with Crippen LogP contribution in [0.25, 0.3) is 0 Å². The van der Waals surface area contributed by atoms with Gasteiger partial charge in [-0.3, -0.25) is 10.2 Å². The fourth-order valence-corrected chi connectivity index (χ4v) is 4.42. The van der Waals surface area contributed by atoms with Gasteiger partial charge in [0.25, 0.3) is 5.91 Å². The highest BCUT2D eigenvalue weighted by Gasteiger charge is 2.32. The van der Waals surface area contributed by atoms with E-state index in [4.69, 9.17) is 17.6 Å². The first-order valence-corrected chi connectivity index (χ1v) is 13.6. The summed E-state index contributed by atoms with van der Waals surface area (Å²) < 4.78 is 43.2. The fraction of sp³-hybridized carbons (Fsp3) is 0.250. The lowest BCUT2D eigenvalue weighted by Gasteiger charge is -2.23. The molecule has 0 saturated carbocycles. The Hall–Kier alpha value is -3.64. The molecule has 40 heavy (non-hydrogen) atoms. The van der Waals surface area contributed by atoms with Crippen LogP contribution in [0.15, 0.2) is 77.3 Å². The summed E-state index contributed by atoms with van der Waals surface area (Å²) in [4.78, 5) is 15.3. The summed E-state index contributed by atoms with van der Waals surface area (Å²) in [5.41, 5.74) is 1.79. The maximum Gasteiger partial charge on any atom is 0.573 e. The zero-order valence-electron chi connectivity index (χ0n) is 21.8. The normalized spacial score (nSPS) is 11.8. The van der Waals surface area contributed by atoms with Crippen LogP contribution in [0.2, 0.25) is 0 Å². The number of thiocarbonyl (C=S) groups is 1. The number of amidine groups is 1. The molecule has 0 bridgehead atoms. The molecule has 3 aromatic rings. The van der Waals surface area contributed by atoms with Crippen LogP contribution in [0, 0.1) is 5.41 Å². The minimum absolute atomic E-state index is 0.0347. The molecule has 0 saturated heterocycles. The number of rotatable bonds is 10. The van der Waals surface area contributed by atoms with Crippen molar-refractivity contribution < 1.29 is 22.7 Å². The number of nitrogens with zero attached hydrogens (tertiary/aromatic N) is 1. The second kappa shape index (κ2) is 14.1. The van der Waals surface area contributed by atoms with Crippen LogP contribution >= 0.6 is 28.1 Å². The Morgan fingerprint density at radius 3 is 2.33 bits per heavy atom. The molecule has 0 aliphatic rings. The van der Waals surface area contributed by atoms with Crippen molar-refractivity contribution in [1.29, 1.82) is 5.41 Å². The molecule has 0 fully saturated rings. The molecule has 0 aliphatic carbocycles. The molecule has 1 atom stereocenters. The third kappa shape index (κ3) is 8.95. The van der Waals surface area contributed by atoms with E-state index in [0.29, 0.717) is 28.1 Å². The van der Waals surface area contributed by atoms with Crippen molar-refractivity contribution in [2.75, 3.05) is 23.7 Å². The van der Waals surface area contributed by atoms with Crippen LogP contribution < -0.4 is 20.7 Å². The average molecular weight is 637 g/mol. The summed E-state index contributed by atoms with van der Waals surface area (Å²) >= 11 is 8.48. The van der Waals surface area contributed by atoms with E-state index in [1.54, 1.807) is 54.6 Å². The van der Waals surface area contributed by atoms with Crippen molar-refractivity contribution in [1.82, 2.24) is 10.2 Å². The van der Waals surface area contributed by atoms with Crippen LogP contribution in [-0.2, 0) is 4.79 Å². The van der Waals surface area contributed by atoms with Gasteiger partial charge < -0.3 is 25.6 Å². The van der Waals surface area contributed by atoms with E-state index in [0.717, 1.165) is 24.6 Å². The molecule has 0 unspecified atom stereocenters. The van der Waals surface area contributed by atoms with E-state index in [-0.39, 0.29) is 10.8 Å². The van der Waals surface area contributed by atoms with Gasteiger partial charge in [-0.1, -0.05) is 53.2 Å². The Morgan fingerprint density at radius 1 is 1.05 bits per heavy atom. The first kappa shape index (κ1) is 30.9. The summed E-state index contributed by atoms with van der Waals surface area (Å²) in [7, 11) is 0. The number of halogens is 4. The van der Waals surface area contributed by atoms with Crippen LogP contribution in [-0.4, -0.2) is 41.2 Å². The second-order valence-corrected chi connectivity index (χ2v) is 9.95. The van der Waals surface area contributed by atoms with Gasteiger partial charge in [0.1, 0.15) is 11.9 Å². The van der Waals surface area contributed by atoms with E-state index in [1.165, 1.54) is 12.1 Å². The fourth-order valence-electron chi connectivity index (χ4n) is 3.85. The predicted molar refractivity (Wildman–Crippen MR) is 159 cm³/mol. The van der Waals surface area contributed by atoms with Gasteiger partial charge in [-0.05, 0) is 73.6 Å². The average Bonchev–Trinajstić information content (AvgIpc) is 2.91. The van der Waals surface area contributed by atoms with E-state index in [2.05, 4.69) is 43.5 Å². The number of carbonyl (C=O) groups excluding carboxylic acids is 1. The summed E-state index contributed by atoms with van der Waals surface area (Å²) in [6.07, 6.45) is -3.98. The van der Waals surface area contributed by atoms with E-state index >= 15 is 0 Å². The minimum atomic E-state index is -4.91. The number of hydrogen-bond acceptors (Lipinski definition) is 4. The number of alkyl halides is 3. The lowest BCUT2D eigenvalue weighted by molar-refractivity contribution is -0.274. The van der Waals surface area contributed by atoms with Gasteiger partial charge in [0.2, 0.25) is 0 Å². The SMILES string of the molecule is CCCN(CC)C(=N)c1ccc(NC(=O)[C@@H](NC(=S)Nc2ccc(Br)cc2OC(F)(F)F)c2ccccc2)cc1. The maximum atomic E-state index is 13.4. The van der Waals surface area contributed by atoms with Crippen LogP contribution in [0.1, 0.15) is 37.4 Å². The van der Waals surface area contributed by atoms with Crippen molar-refractivity contribution in [3.63, 3.8) is 0 Å². The number of ether oxygens (including phenoxy) is 1. The zero-order chi connectivity index (χ0) is 29.3. The quantitative estimate of drug-likeness (QED) is 0.108. The highest BCUT2D eigenvalue weighted by molar-refractivity contribution is 9.10. The van der Waals surface area contributed by atoms with Gasteiger partial charge in [-0.25, -0.2) is 0 Å². The van der Waals surface area contributed by atoms with Crippen molar-refractivity contribution in [3.8, 4) is 5.75 Å². The van der Waals surface area contributed by atoms with Crippen LogP contribution in [0.3, 0.4) is 0 Å². The number of amides is 1. The van der Waals surface area contributed by atoms with Gasteiger partial charge in [-0.2, -0.15) is 0 Å². The second-order valence-electron chi connectivity index (χ2n) is 8.63. The Bertz CT molecular complexity index is 1320. The van der Waals surface area contributed by atoms with E-state index in [9.17, 15) is 18.0 Å². The molecule has 0 radical (unpaired) electrons. The van der Waals surface area contributed by atoms with Gasteiger partial charge in [0, 0.05) is 28.8 Å². The highest BCUT2D eigenvalue weighted by Crippen LogP contribution is 2.33. The third-order valence-electron chi connectivity index (χ3n) is 5.71. The molecule has 212 valence electrons. The maximum absolute atomic E-state index is 13.4. The molecule has 1 amide bonds. The lowest BCUT2D eigenvalue weighted by atomic mass is 10.1. The molecule has 0 aromatic heterocycles. The molecule has 7 nitrogen and oxygen atoms in total. The molecule has 0 aliphatic heterocycles. The topological polar surface area (TPSA) is 89.5 Å². The minimum Gasteiger partial charge on any atom is -0.404 e. The van der Waals surface area contributed by atoms with Crippen LogP contribution in [0.5, 0.6) is 5.75 Å². The van der Waals surface area contributed by atoms with Crippen molar-refractivity contribution in [2.45, 2.75) is 32.7 Å². The highest BCUT2D eigenvalue weighted by atomic mass is 79.9. The Labute approximate surface area is 244 Å². The van der Waals surface area contributed by atoms with Gasteiger partial charge in [0.15, 0.2) is 10.9 Å². The van der Waals surface area contributed by atoms with Crippen molar-refractivity contribution in [2.24, 2.45) is 0 Å². The summed E-state index contributed by atoms with van der Waals surface area (Å²) in [5, 5.41) is 16.8. The van der Waals surface area contributed by atoms with Crippen LogP contribution in [0.4, 0.5) is 24.5 Å². The standard InChI is InChI=1S/C28H29BrF3N5O2S/c1-3-16-37(4-2)25(33)19-10-13-21(14-11-19)34-26(38)24(18-8-6-5-7-9-18)36-27(40)35-22-15-12-20(29)17-23(22)39-28(30,31)32/h5-15,17,24,33H,3-4,16H2,1-2H3,(H,34,38)(H2,35,36,40)/t24-/m0/s1. The smallest absolute Gasteiger partial charge is 0.404 e. The first-order valence-electron chi connectivity index (χ1n) is 12.4. The molecular weight excluding hydrogens is 607 g/mol. The van der Waals surface area contributed by atoms with Gasteiger partial charge in [-0.15, -0.1) is 13.2 Å². The third-order valence-corrected chi connectivity index (χ3v) is 6.42.